The van der Waals surface area contributed by atoms with E-state index in [0.29, 0.717) is 11.2 Å². The monoisotopic (exact) mass is 311 g/mol. The van der Waals surface area contributed by atoms with Gasteiger partial charge in [-0.1, -0.05) is 0 Å². The number of aliphatic hydroxyl groups is 3. The number of carbonyl (C=O) groups excluding carboxylic acids is 2. The lowest BCUT2D eigenvalue weighted by molar-refractivity contribution is -0.191. The molecule has 1 aliphatic heterocycles. The minimum Gasteiger partial charge on any atom is -0.394 e. The molecule has 0 radical (unpaired) electrons. The molecule has 0 bridgehead atoms. The molecule has 2 aromatic heterocycles. The fourth-order valence-corrected chi connectivity index (χ4v) is 2.17. The Balaban J connectivity index is 0.000000545. The van der Waals surface area contributed by atoms with Gasteiger partial charge in [0.1, 0.15) is 30.2 Å². The van der Waals surface area contributed by atoms with Gasteiger partial charge in [-0.25, -0.2) is 15.0 Å². The Morgan fingerprint density at radius 3 is 2.55 bits per heavy atom. The number of ether oxygens (including phenoxy) is 1. The Morgan fingerprint density at radius 1 is 1.27 bits per heavy atom. The van der Waals surface area contributed by atoms with Gasteiger partial charge in [0, 0.05) is 0 Å². The van der Waals surface area contributed by atoms with E-state index in [-0.39, 0.29) is 12.0 Å². The van der Waals surface area contributed by atoms with Gasteiger partial charge in [-0.2, -0.15) is 9.59 Å². The van der Waals surface area contributed by atoms with Crippen LogP contribution < -0.4 is 5.73 Å². The fourth-order valence-electron chi connectivity index (χ4n) is 2.17. The molecule has 5 N–H and O–H groups in total. The smallest absolute Gasteiger partial charge is 0.373 e. The first-order chi connectivity index (χ1) is 10.5. The minimum absolute atomic E-state index is 0.218. The third-order valence-corrected chi connectivity index (χ3v) is 3.18. The van der Waals surface area contributed by atoms with Gasteiger partial charge in [0.15, 0.2) is 17.7 Å². The molecule has 0 amide bonds. The van der Waals surface area contributed by atoms with Crippen LogP contribution in [0.4, 0.5) is 5.82 Å². The Bertz CT molecular complexity index is 685. The summed E-state index contributed by atoms with van der Waals surface area (Å²) in [7, 11) is 0. The van der Waals surface area contributed by atoms with Gasteiger partial charge < -0.3 is 25.8 Å². The maximum Gasteiger partial charge on any atom is 0.373 e. The SMILES string of the molecule is Nc1ncnc2c1ncn2[C@@H]1O[C@H](CO)[C@@H](O)[C@H]1O.O=C=O. The van der Waals surface area contributed by atoms with Crippen molar-refractivity contribution in [3.05, 3.63) is 12.7 Å². The van der Waals surface area contributed by atoms with Crippen molar-refractivity contribution >= 4 is 23.1 Å². The van der Waals surface area contributed by atoms with Crippen LogP contribution in [-0.4, -0.2) is 65.9 Å². The molecule has 1 saturated heterocycles. The molecule has 2 aromatic rings. The lowest BCUT2D eigenvalue weighted by Gasteiger charge is -2.16. The number of aromatic nitrogens is 4. The first-order valence-corrected chi connectivity index (χ1v) is 6.09. The summed E-state index contributed by atoms with van der Waals surface area (Å²) in [4.78, 5) is 28.1. The number of nitrogen functional groups attached to an aromatic ring is 1. The normalized spacial score (nSPS) is 27.2. The zero-order chi connectivity index (χ0) is 16.3. The average Bonchev–Trinajstić information content (AvgIpc) is 3.04. The molecule has 118 valence electrons. The van der Waals surface area contributed by atoms with Crippen molar-refractivity contribution in [1.82, 2.24) is 19.5 Å². The molecule has 0 spiro atoms. The second kappa shape index (κ2) is 6.56. The first-order valence-electron chi connectivity index (χ1n) is 6.09. The summed E-state index contributed by atoms with van der Waals surface area (Å²) in [5.74, 6) is 0.218. The average molecular weight is 311 g/mol. The van der Waals surface area contributed by atoms with Crippen molar-refractivity contribution in [3.8, 4) is 0 Å². The maximum atomic E-state index is 9.95. The molecule has 0 aliphatic carbocycles. The molecule has 1 aliphatic rings. The Hall–Kier alpha value is -2.43. The van der Waals surface area contributed by atoms with Crippen LogP contribution in [0.2, 0.25) is 0 Å². The molecule has 11 heteroatoms. The number of nitrogens with zero attached hydrogens (tertiary/aromatic N) is 4. The Kier molecular flexibility index (Phi) is 4.75. The van der Waals surface area contributed by atoms with Crippen LogP contribution in [0.3, 0.4) is 0 Å². The van der Waals surface area contributed by atoms with Crippen molar-refractivity contribution in [3.63, 3.8) is 0 Å². The Labute approximate surface area is 123 Å². The number of fused-ring (bicyclic) bond motifs is 1. The highest BCUT2D eigenvalue weighted by atomic mass is 16.6. The van der Waals surface area contributed by atoms with E-state index in [9.17, 15) is 10.2 Å². The first kappa shape index (κ1) is 15.9. The molecule has 3 rings (SSSR count). The van der Waals surface area contributed by atoms with Crippen LogP contribution in [0, 0.1) is 0 Å². The summed E-state index contributed by atoms with van der Waals surface area (Å²) >= 11 is 0. The molecule has 0 unspecified atom stereocenters. The van der Waals surface area contributed by atoms with E-state index in [4.69, 9.17) is 25.2 Å². The van der Waals surface area contributed by atoms with Gasteiger partial charge in [0.05, 0.1) is 12.9 Å². The fraction of sp³-hybridized carbons (Fsp3) is 0.455. The number of anilines is 1. The number of nitrogens with two attached hydrogens (primary N) is 1. The summed E-state index contributed by atoms with van der Waals surface area (Å²) in [6.07, 6.45) is -1.17. The van der Waals surface area contributed by atoms with E-state index >= 15 is 0 Å². The summed E-state index contributed by atoms with van der Waals surface area (Å²) in [6.45, 7) is -0.390. The molecule has 4 atom stereocenters. The lowest BCUT2D eigenvalue weighted by Crippen LogP contribution is -2.33. The van der Waals surface area contributed by atoms with E-state index < -0.39 is 31.1 Å². The van der Waals surface area contributed by atoms with Crippen LogP contribution in [-0.2, 0) is 14.3 Å². The predicted octanol–water partition coefficient (Wildman–Crippen LogP) is -2.56. The maximum absolute atomic E-state index is 9.95. The van der Waals surface area contributed by atoms with E-state index in [1.807, 2.05) is 0 Å². The molecule has 0 aromatic carbocycles. The van der Waals surface area contributed by atoms with Crippen LogP contribution in [0.15, 0.2) is 12.7 Å². The summed E-state index contributed by atoms with van der Waals surface area (Å²) in [6, 6.07) is 0. The third kappa shape index (κ3) is 2.66. The number of hydrogen-bond donors (Lipinski definition) is 4. The second-order valence-electron chi connectivity index (χ2n) is 4.40. The largest absolute Gasteiger partial charge is 0.394 e. The van der Waals surface area contributed by atoms with Gasteiger partial charge in [-0.3, -0.25) is 4.57 Å². The molecular weight excluding hydrogens is 298 g/mol. The molecule has 11 nitrogen and oxygen atoms in total. The van der Waals surface area contributed by atoms with Crippen LogP contribution >= 0.6 is 0 Å². The minimum atomic E-state index is -1.19. The van der Waals surface area contributed by atoms with Crippen molar-refractivity contribution in [1.29, 1.82) is 0 Å². The molecule has 1 fully saturated rings. The number of aliphatic hydroxyl groups excluding tert-OH is 3. The van der Waals surface area contributed by atoms with Gasteiger partial charge >= 0.3 is 6.15 Å². The van der Waals surface area contributed by atoms with Gasteiger partial charge in [-0.05, 0) is 0 Å². The highest BCUT2D eigenvalue weighted by molar-refractivity contribution is 5.81. The number of imidazole rings is 1. The third-order valence-electron chi connectivity index (χ3n) is 3.18. The molecular formula is C11H13N5O6. The van der Waals surface area contributed by atoms with Crippen molar-refractivity contribution in [2.75, 3.05) is 12.3 Å². The highest BCUT2D eigenvalue weighted by Crippen LogP contribution is 2.31. The van der Waals surface area contributed by atoms with Crippen LogP contribution in [0.5, 0.6) is 0 Å². The van der Waals surface area contributed by atoms with Crippen molar-refractivity contribution in [2.24, 2.45) is 0 Å². The topological polar surface area (TPSA) is 174 Å². The molecule has 22 heavy (non-hydrogen) atoms. The second-order valence-corrected chi connectivity index (χ2v) is 4.40. The standard InChI is InChI=1S/C10H13N5O4.CO2/c11-8-5-9(13-2-12-8)15(3-14-5)10-7(18)6(17)4(1-16)19-10;2-1-3/h2-4,6-7,10,16-18H,1H2,(H2,11,12,13);/t4-,6-,7-,10-;/m1./s1. The van der Waals surface area contributed by atoms with Crippen molar-refractivity contribution in [2.45, 2.75) is 24.5 Å². The predicted molar refractivity (Wildman–Crippen MR) is 67.8 cm³/mol. The van der Waals surface area contributed by atoms with E-state index in [1.54, 1.807) is 0 Å². The summed E-state index contributed by atoms with van der Waals surface area (Å²) in [5.41, 5.74) is 6.44. The molecule has 3 heterocycles. The van der Waals surface area contributed by atoms with E-state index in [2.05, 4.69) is 15.0 Å². The van der Waals surface area contributed by atoms with Gasteiger partial charge in [0.2, 0.25) is 0 Å². The quantitative estimate of drug-likeness (QED) is 0.461. The van der Waals surface area contributed by atoms with E-state index in [1.165, 1.54) is 17.2 Å². The summed E-state index contributed by atoms with van der Waals surface area (Å²) in [5, 5.41) is 28.7. The number of hydrogen-bond acceptors (Lipinski definition) is 10. The zero-order valence-electron chi connectivity index (χ0n) is 11.1. The molecule has 0 saturated carbocycles. The van der Waals surface area contributed by atoms with Crippen LogP contribution in [0.1, 0.15) is 6.23 Å². The van der Waals surface area contributed by atoms with Gasteiger partial charge in [-0.15, -0.1) is 0 Å². The van der Waals surface area contributed by atoms with Gasteiger partial charge in [0.25, 0.3) is 0 Å². The zero-order valence-corrected chi connectivity index (χ0v) is 11.1. The highest BCUT2D eigenvalue weighted by Gasteiger charge is 2.43. The Morgan fingerprint density at radius 2 is 1.95 bits per heavy atom. The number of rotatable bonds is 2. The van der Waals surface area contributed by atoms with Crippen LogP contribution in [0.25, 0.3) is 11.2 Å². The van der Waals surface area contributed by atoms with Crippen molar-refractivity contribution < 1.29 is 29.6 Å². The van der Waals surface area contributed by atoms with E-state index in [0.717, 1.165) is 0 Å². The summed E-state index contributed by atoms with van der Waals surface area (Å²) < 4.78 is 6.85. The lowest BCUT2D eigenvalue weighted by atomic mass is 10.1.